The van der Waals surface area contributed by atoms with Gasteiger partial charge >= 0.3 is 0 Å². The van der Waals surface area contributed by atoms with Crippen molar-refractivity contribution in [3.63, 3.8) is 0 Å². The maximum atomic E-state index is 4.20. The van der Waals surface area contributed by atoms with Gasteiger partial charge in [-0.3, -0.25) is 0 Å². The number of aryl methyl sites for hydroxylation is 1. The molecule has 0 fully saturated rings. The number of nitrogens with zero attached hydrogens (tertiary/aromatic N) is 5. The van der Waals surface area contributed by atoms with E-state index in [9.17, 15) is 0 Å². The van der Waals surface area contributed by atoms with Gasteiger partial charge in [0.1, 0.15) is 17.8 Å². The molecule has 0 saturated carbocycles. The van der Waals surface area contributed by atoms with Crippen LogP contribution in [0.4, 0.5) is 5.82 Å². The van der Waals surface area contributed by atoms with E-state index >= 15 is 0 Å². The predicted octanol–water partition coefficient (Wildman–Crippen LogP) is 1.09. The summed E-state index contributed by atoms with van der Waals surface area (Å²) >= 11 is 0. The highest BCUT2D eigenvalue weighted by atomic mass is 15.4. The minimum Gasteiger partial charge on any atom is -0.370 e. The molecule has 0 unspecified atom stereocenters. The van der Waals surface area contributed by atoms with Crippen LogP contribution in [0.5, 0.6) is 0 Å². The molecular formula is C10H14N6. The van der Waals surface area contributed by atoms with E-state index in [1.165, 1.54) is 0 Å². The number of nitrogens with one attached hydrogen (secondary N) is 1. The van der Waals surface area contributed by atoms with Crippen LogP contribution in [0.1, 0.15) is 13.3 Å². The zero-order valence-electron chi connectivity index (χ0n) is 9.38. The van der Waals surface area contributed by atoms with Crippen molar-refractivity contribution >= 4 is 5.82 Å². The van der Waals surface area contributed by atoms with Gasteiger partial charge in [0, 0.05) is 19.7 Å². The molecule has 2 aromatic rings. The fraction of sp³-hybridized carbons (Fsp3) is 0.400. The van der Waals surface area contributed by atoms with Crippen molar-refractivity contribution in [1.29, 1.82) is 0 Å². The van der Waals surface area contributed by atoms with Crippen molar-refractivity contribution in [2.24, 2.45) is 7.05 Å². The molecule has 2 heterocycles. The molecular weight excluding hydrogens is 204 g/mol. The first-order valence-electron chi connectivity index (χ1n) is 5.22. The number of aromatic nitrogens is 5. The van der Waals surface area contributed by atoms with Crippen LogP contribution >= 0.6 is 0 Å². The largest absolute Gasteiger partial charge is 0.370 e. The maximum Gasteiger partial charge on any atom is 0.130 e. The minimum absolute atomic E-state index is 0.820. The van der Waals surface area contributed by atoms with Gasteiger partial charge in [-0.2, -0.15) is 0 Å². The van der Waals surface area contributed by atoms with Gasteiger partial charge in [0.25, 0.3) is 0 Å². The molecule has 2 aromatic heterocycles. The molecule has 0 radical (unpaired) electrons. The second kappa shape index (κ2) is 4.69. The molecule has 0 aromatic carbocycles. The standard InChI is InChI=1S/C10H14N6/c1-3-4-11-10-5-8(12-7-13-10)9-6-14-15-16(9)2/h5-7H,3-4H2,1-2H3,(H,11,12,13). The van der Waals surface area contributed by atoms with Crippen molar-refractivity contribution in [1.82, 2.24) is 25.0 Å². The minimum atomic E-state index is 0.820. The van der Waals surface area contributed by atoms with Crippen molar-refractivity contribution < 1.29 is 0 Å². The third-order valence-electron chi connectivity index (χ3n) is 2.20. The van der Waals surface area contributed by atoms with Crippen molar-refractivity contribution in [3.8, 4) is 11.4 Å². The van der Waals surface area contributed by atoms with E-state index in [-0.39, 0.29) is 0 Å². The van der Waals surface area contributed by atoms with Crippen molar-refractivity contribution in [2.45, 2.75) is 13.3 Å². The summed E-state index contributed by atoms with van der Waals surface area (Å²) in [5.41, 5.74) is 1.70. The Bertz CT molecular complexity index is 464. The molecule has 1 N–H and O–H groups in total. The van der Waals surface area contributed by atoms with E-state index in [2.05, 4.69) is 32.5 Å². The van der Waals surface area contributed by atoms with E-state index in [1.54, 1.807) is 17.2 Å². The lowest BCUT2D eigenvalue weighted by atomic mass is 10.3. The molecule has 0 atom stereocenters. The van der Waals surface area contributed by atoms with Crippen molar-refractivity contribution in [3.05, 3.63) is 18.6 Å². The molecule has 0 bridgehead atoms. The molecule has 6 heteroatoms. The van der Waals surface area contributed by atoms with Gasteiger partial charge in [-0.05, 0) is 6.42 Å². The lowest BCUT2D eigenvalue weighted by Crippen LogP contribution is -2.03. The second-order valence-electron chi connectivity index (χ2n) is 3.46. The monoisotopic (exact) mass is 218 g/mol. The van der Waals surface area contributed by atoms with Crippen molar-refractivity contribution in [2.75, 3.05) is 11.9 Å². The third-order valence-corrected chi connectivity index (χ3v) is 2.20. The highest BCUT2D eigenvalue weighted by molar-refractivity contribution is 5.57. The first-order valence-corrected chi connectivity index (χ1v) is 5.22. The lowest BCUT2D eigenvalue weighted by Gasteiger charge is -2.05. The van der Waals surface area contributed by atoms with Crippen LogP contribution in [0.2, 0.25) is 0 Å². The quantitative estimate of drug-likeness (QED) is 0.832. The lowest BCUT2D eigenvalue weighted by molar-refractivity contribution is 0.719. The SMILES string of the molecule is CCCNc1cc(-c2cnnn2C)ncn1. The normalized spacial score (nSPS) is 10.4. The summed E-state index contributed by atoms with van der Waals surface area (Å²) in [6.45, 7) is 3.01. The summed E-state index contributed by atoms with van der Waals surface area (Å²) in [5, 5.41) is 10.9. The first-order chi connectivity index (χ1) is 7.81. The van der Waals surface area contributed by atoms with Crippen LogP contribution in [-0.4, -0.2) is 31.5 Å². The molecule has 16 heavy (non-hydrogen) atoms. The fourth-order valence-electron chi connectivity index (χ4n) is 1.37. The molecule has 0 spiro atoms. The molecule has 0 aliphatic heterocycles. The second-order valence-corrected chi connectivity index (χ2v) is 3.46. The first kappa shape index (κ1) is 10.5. The Balaban J connectivity index is 2.26. The van der Waals surface area contributed by atoms with Gasteiger partial charge in [-0.15, -0.1) is 5.10 Å². The molecule has 6 nitrogen and oxygen atoms in total. The van der Waals surface area contributed by atoms with Crippen LogP contribution in [0, 0.1) is 0 Å². The Kier molecular flexibility index (Phi) is 3.09. The summed E-state index contributed by atoms with van der Waals surface area (Å²) in [6.07, 6.45) is 4.29. The number of anilines is 1. The number of hydrogen-bond donors (Lipinski definition) is 1. The molecule has 0 aliphatic carbocycles. The van der Waals surface area contributed by atoms with Gasteiger partial charge < -0.3 is 5.32 Å². The summed E-state index contributed by atoms with van der Waals surface area (Å²) in [4.78, 5) is 8.34. The summed E-state index contributed by atoms with van der Waals surface area (Å²) in [5.74, 6) is 0.827. The van der Waals surface area contributed by atoms with Crippen LogP contribution in [0.15, 0.2) is 18.6 Å². The zero-order valence-corrected chi connectivity index (χ0v) is 9.38. The average Bonchev–Trinajstić information content (AvgIpc) is 2.73. The molecule has 0 saturated heterocycles. The Morgan fingerprint density at radius 1 is 1.38 bits per heavy atom. The van der Waals surface area contributed by atoms with E-state index in [0.29, 0.717) is 0 Å². The molecule has 0 amide bonds. The molecule has 84 valence electrons. The summed E-state index contributed by atoms with van der Waals surface area (Å²) in [6, 6.07) is 1.90. The summed E-state index contributed by atoms with van der Waals surface area (Å²) in [7, 11) is 1.84. The van der Waals surface area contributed by atoms with Gasteiger partial charge in [-0.25, -0.2) is 14.6 Å². The van der Waals surface area contributed by atoms with Gasteiger partial charge in [0.15, 0.2) is 0 Å². The maximum absolute atomic E-state index is 4.20. The van der Waals surface area contributed by atoms with Crippen LogP contribution in [0.25, 0.3) is 11.4 Å². The van der Waals surface area contributed by atoms with Gasteiger partial charge in [0.2, 0.25) is 0 Å². The van der Waals surface area contributed by atoms with Crippen LogP contribution < -0.4 is 5.32 Å². The Labute approximate surface area is 93.7 Å². The van der Waals surface area contributed by atoms with Gasteiger partial charge in [-0.1, -0.05) is 12.1 Å². The molecule has 2 rings (SSSR count). The van der Waals surface area contributed by atoms with E-state index in [1.807, 2.05) is 13.1 Å². The Morgan fingerprint density at radius 3 is 2.94 bits per heavy atom. The Morgan fingerprint density at radius 2 is 2.25 bits per heavy atom. The topological polar surface area (TPSA) is 68.5 Å². The number of rotatable bonds is 4. The van der Waals surface area contributed by atoms with Gasteiger partial charge in [0.05, 0.1) is 11.9 Å². The highest BCUT2D eigenvalue weighted by Crippen LogP contribution is 2.16. The average molecular weight is 218 g/mol. The zero-order chi connectivity index (χ0) is 11.4. The number of hydrogen-bond acceptors (Lipinski definition) is 5. The summed E-state index contributed by atoms with van der Waals surface area (Å²) < 4.78 is 1.69. The fourth-order valence-corrected chi connectivity index (χ4v) is 1.37. The van der Waals surface area contributed by atoms with Crippen LogP contribution in [0.3, 0.4) is 0 Å². The van der Waals surface area contributed by atoms with E-state index < -0.39 is 0 Å². The van der Waals surface area contributed by atoms with E-state index in [4.69, 9.17) is 0 Å². The molecule has 0 aliphatic rings. The Hall–Kier alpha value is -1.98. The van der Waals surface area contributed by atoms with E-state index in [0.717, 1.165) is 30.2 Å². The highest BCUT2D eigenvalue weighted by Gasteiger charge is 2.06. The smallest absolute Gasteiger partial charge is 0.130 e. The van der Waals surface area contributed by atoms with Crippen LogP contribution in [-0.2, 0) is 7.05 Å². The predicted molar refractivity (Wildman–Crippen MR) is 60.8 cm³/mol. The third kappa shape index (κ3) is 2.16.